The summed E-state index contributed by atoms with van der Waals surface area (Å²) in [6, 6.07) is 16.3. The van der Waals surface area contributed by atoms with Crippen LogP contribution in [0.25, 0.3) is 6.08 Å². The lowest BCUT2D eigenvalue weighted by atomic mass is 9.74. The van der Waals surface area contributed by atoms with Crippen molar-refractivity contribution < 1.29 is 9.53 Å². The summed E-state index contributed by atoms with van der Waals surface area (Å²) in [4.78, 5) is 14.8. The minimum absolute atomic E-state index is 0.188. The molecular formula is C24H28N2O2. The number of anilines is 1. The number of hydrogen-bond donors (Lipinski definition) is 1. The van der Waals surface area contributed by atoms with Crippen molar-refractivity contribution in [2.75, 3.05) is 32.5 Å². The van der Waals surface area contributed by atoms with Crippen molar-refractivity contribution >= 4 is 17.7 Å². The Morgan fingerprint density at radius 2 is 1.96 bits per heavy atom. The first-order chi connectivity index (χ1) is 13.6. The van der Waals surface area contributed by atoms with E-state index in [9.17, 15) is 4.79 Å². The molecule has 1 spiro atoms. The number of carbonyl (C=O) groups is 1. The molecule has 1 fully saturated rings. The number of piperidine rings is 1. The van der Waals surface area contributed by atoms with Crippen LogP contribution in [0, 0.1) is 0 Å². The number of nitrogens with two attached hydrogens (primary N) is 1. The van der Waals surface area contributed by atoms with E-state index in [0.29, 0.717) is 5.69 Å². The molecule has 2 N–H and O–H groups in total. The summed E-state index contributed by atoms with van der Waals surface area (Å²) in [6.45, 7) is 2.98. The molecule has 0 saturated carbocycles. The molecule has 0 bridgehead atoms. The van der Waals surface area contributed by atoms with E-state index in [0.717, 1.165) is 44.5 Å². The van der Waals surface area contributed by atoms with Crippen LogP contribution in [0.15, 0.2) is 54.6 Å². The quantitative estimate of drug-likeness (QED) is 0.634. The van der Waals surface area contributed by atoms with Crippen molar-refractivity contribution in [1.29, 1.82) is 0 Å². The molecule has 1 atom stereocenters. The summed E-state index contributed by atoms with van der Waals surface area (Å²) in [5, 5.41) is 0. The lowest BCUT2D eigenvalue weighted by Gasteiger charge is -2.39. The number of rotatable bonds is 5. The van der Waals surface area contributed by atoms with Gasteiger partial charge in [-0.2, -0.15) is 0 Å². The highest BCUT2D eigenvalue weighted by Gasteiger charge is 2.37. The van der Waals surface area contributed by atoms with Crippen molar-refractivity contribution in [1.82, 2.24) is 4.90 Å². The van der Waals surface area contributed by atoms with Crippen LogP contribution in [0.1, 0.15) is 41.9 Å². The zero-order valence-corrected chi connectivity index (χ0v) is 16.4. The lowest BCUT2D eigenvalue weighted by Crippen LogP contribution is -2.41. The van der Waals surface area contributed by atoms with Gasteiger partial charge in [0.25, 0.3) is 0 Å². The van der Waals surface area contributed by atoms with E-state index in [1.807, 2.05) is 24.3 Å². The Kier molecular flexibility index (Phi) is 5.23. The van der Waals surface area contributed by atoms with Gasteiger partial charge in [-0.15, -0.1) is 0 Å². The predicted octanol–water partition coefficient (Wildman–Crippen LogP) is 3.98. The van der Waals surface area contributed by atoms with E-state index in [1.165, 1.54) is 18.2 Å². The molecule has 1 saturated heterocycles. The highest BCUT2D eigenvalue weighted by Crippen LogP contribution is 2.43. The molecule has 2 aromatic carbocycles. The third-order valence-electron chi connectivity index (χ3n) is 6.36. The van der Waals surface area contributed by atoms with E-state index in [2.05, 4.69) is 41.3 Å². The molecule has 1 aliphatic carbocycles. The first kappa shape index (κ1) is 18.8. The van der Waals surface area contributed by atoms with Gasteiger partial charge in [-0.05, 0) is 67.7 Å². The average molecular weight is 377 g/mol. The van der Waals surface area contributed by atoms with Crippen molar-refractivity contribution in [2.24, 2.45) is 0 Å². The summed E-state index contributed by atoms with van der Waals surface area (Å²) in [5.74, 6) is -0.455. The molecule has 1 unspecified atom stereocenters. The fraction of sp³-hybridized carbons (Fsp3) is 0.375. The number of methoxy groups -OCH3 is 1. The van der Waals surface area contributed by atoms with Gasteiger partial charge in [0.15, 0.2) is 0 Å². The number of fused-ring (bicyclic) bond motifs is 2. The maximum atomic E-state index is 12.3. The number of ether oxygens (including phenoxy) is 1. The second-order valence-electron chi connectivity index (χ2n) is 7.95. The third-order valence-corrected chi connectivity index (χ3v) is 6.36. The highest BCUT2D eigenvalue weighted by molar-refractivity contribution is 5.78. The first-order valence-corrected chi connectivity index (χ1v) is 10.1. The first-order valence-electron chi connectivity index (χ1n) is 10.1. The standard InChI is InChI=1S/C24H28N2O2/c1-28-23(27)21(19-6-4-7-20(25)17-19)10-14-26-15-12-24(13-16-26)11-9-18-5-2-3-8-22(18)24/h2-9,11,17,21H,10,12-16,25H2,1H3. The molecule has 0 radical (unpaired) electrons. The van der Waals surface area contributed by atoms with E-state index in [1.54, 1.807) is 0 Å². The Labute approximate surface area is 167 Å². The minimum Gasteiger partial charge on any atom is -0.469 e. The Morgan fingerprint density at radius 1 is 1.18 bits per heavy atom. The molecule has 2 aromatic rings. The topological polar surface area (TPSA) is 55.6 Å². The summed E-state index contributed by atoms with van der Waals surface area (Å²) >= 11 is 0. The van der Waals surface area contributed by atoms with Crippen LogP contribution in [0.4, 0.5) is 5.69 Å². The van der Waals surface area contributed by atoms with Crippen LogP contribution >= 0.6 is 0 Å². The molecule has 28 heavy (non-hydrogen) atoms. The molecule has 0 amide bonds. The Morgan fingerprint density at radius 3 is 2.71 bits per heavy atom. The van der Waals surface area contributed by atoms with Crippen LogP contribution in [-0.4, -0.2) is 37.6 Å². The summed E-state index contributed by atoms with van der Waals surface area (Å²) in [5.41, 5.74) is 10.6. The molecule has 4 rings (SSSR count). The number of esters is 1. The van der Waals surface area contributed by atoms with Crippen molar-refractivity contribution in [3.8, 4) is 0 Å². The van der Waals surface area contributed by atoms with Gasteiger partial charge < -0.3 is 15.4 Å². The van der Waals surface area contributed by atoms with Crippen LogP contribution in [0.3, 0.4) is 0 Å². The highest BCUT2D eigenvalue weighted by atomic mass is 16.5. The number of allylic oxidation sites excluding steroid dienone is 1. The monoisotopic (exact) mass is 376 g/mol. The zero-order valence-electron chi connectivity index (χ0n) is 16.4. The summed E-state index contributed by atoms with van der Waals surface area (Å²) in [7, 11) is 1.45. The van der Waals surface area contributed by atoms with Gasteiger partial charge >= 0.3 is 5.97 Å². The number of nitrogen functional groups attached to an aromatic ring is 1. The molecule has 0 aromatic heterocycles. The van der Waals surface area contributed by atoms with Crippen molar-refractivity contribution in [3.05, 3.63) is 71.3 Å². The van der Waals surface area contributed by atoms with Crippen molar-refractivity contribution in [2.45, 2.75) is 30.6 Å². The Bertz CT molecular complexity index is 882. The second-order valence-corrected chi connectivity index (χ2v) is 7.95. The largest absolute Gasteiger partial charge is 0.469 e. The molecule has 2 aliphatic rings. The number of carbonyl (C=O) groups excluding carboxylic acids is 1. The maximum absolute atomic E-state index is 12.3. The SMILES string of the molecule is COC(=O)C(CCN1CCC2(C=Cc3ccccc32)CC1)c1cccc(N)c1. The van der Waals surface area contributed by atoms with Gasteiger partial charge in [0, 0.05) is 11.1 Å². The van der Waals surface area contributed by atoms with Gasteiger partial charge in [0.1, 0.15) is 0 Å². The fourth-order valence-corrected chi connectivity index (χ4v) is 4.70. The second kappa shape index (κ2) is 7.80. The van der Waals surface area contributed by atoms with Gasteiger partial charge in [0.2, 0.25) is 0 Å². The number of hydrogen-bond acceptors (Lipinski definition) is 4. The van der Waals surface area contributed by atoms with Gasteiger partial charge in [-0.1, -0.05) is 48.6 Å². The molecule has 146 valence electrons. The normalized spacial score (nSPS) is 18.8. The third kappa shape index (κ3) is 3.57. The Balaban J connectivity index is 1.39. The number of nitrogens with zero attached hydrogens (tertiary/aromatic N) is 1. The summed E-state index contributed by atoms with van der Waals surface area (Å²) in [6.07, 6.45) is 7.68. The van der Waals surface area contributed by atoms with Gasteiger partial charge in [-0.25, -0.2) is 0 Å². The van der Waals surface area contributed by atoms with E-state index in [-0.39, 0.29) is 17.3 Å². The van der Waals surface area contributed by atoms with Gasteiger partial charge in [0.05, 0.1) is 13.0 Å². The minimum atomic E-state index is -0.267. The molecule has 4 heteroatoms. The van der Waals surface area contributed by atoms with Crippen LogP contribution in [0.2, 0.25) is 0 Å². The summed E-state index contributed by atoms with van der Waals surface area (Å²) < 4.78 is 5.05. The number of benzene rings is 2. The molecular weight excluding hydrogens is 348 g/mol. The number of likely N-dealkylation sites (tertiary alicyclic amines) is 1. The molecule has 1 aliphatic heterocycles. The van der Waals surface area contributed by atoms with Crippen LogP contribution in [0.5, 0.6) is 0 Å². The lowest BCUT2D eigenvalue weighted by molar-refractivity contribution is -0.142. The zero-order chi connectivity index (χ0) is 19.6. The van der Waals surface area contributed by atoms with Crippen LogP contribution in [-0.2, 0) is 14.9 Å². The van der Waals surface area contributed by atoms with Crippen molar-refractivity contribution in [3.63, 3.8) is 0 Å². The van der Waals surface area contributed by atoms with E-state index < -0.39 is 0 Å². The van der Waals surface area contributed by atoms with Crippen LogP contribution < -0.4 is 5.73 Å². The van der Waals surface area contributed by atoms with E-state index >= 15 is 0 Å². The average Bonchev–Trinajstić information content (AvgIpc) is 3.08. The van der Waals surface area contributed by atoms with E-state index in [4.69, 9.17) is 10.5 Å². The smallest absolute Gasteiger partial charge is 0.313 e. The maximum Gasteiger partial charge on any atom is 0.313 e. The van der Waals surface area contributed by atoms with Gasteiger partial charge in [-0.3, -0.25) is 4.79 Å². The Hall–Kier alpha value is -2.59. The fourth-order valence-electron chi connectivity index (χ4n) is 4.70. The molecule has 1 heterocycles. The predicted molar refractivity (Wildman–Crippen MR) is 113 cm³/mol. The molecule has 4 nitrogen and oxygen atoms in total.